The van der Waals surface area contributed by atoms with E-state index in [1.807, 2.05) is 7.11 Å². The van der Waals surface area contributed by atoms with Gasteiger partial charge in [0.1, 0.15) is 0 Å². The van der Waals surface area contributed by atoms with E-state index in [1.54, 1.807) is 0 Å². The number of ether oxygens (including phenoxy) is 1. The maximum atomic E-state index is 5.35. The van der Waals surface area contributed by atoms with E-state index in [2.05, 4.69) is 4.90 Å². The molecule has 3 rings (SSSR count). The lowest BCUT2D eigenvalue weighted by molar-refractivity contribution is -0.111. The highest BCUT2D eigenvalue weighted by Crippen LogP contribution is 2.46. The summed E-state index contributed by atoms with van der Waals surface area (Å²) in [7, 11) is 1.85. The molecule has 1 aliphatic heterocycles. The molecule has 0 atom stereocenters. The quantitative estimate of drug-likeness (QED) is 0.692. The van der Waals surface area contributed by atoms with Gasteiger partial charge in [0, 0.05) is 26.2 Å². The standard InChI is InChI=1S/C13H23NO/c1-15-12-7-11(8-12)14-9-13(10-14)5-3-2-4-6-13/h11-12H,2-10H2,1H3. The first-order valence-electron chi connectivity index (χ1n) is 6.58. The Kier molecular flexibility index (Phi) is 2.52. The Morgan fingerprint density at radius 1 is 1.07 bits per heavy atom. The summed E-state index contributed by atoms with van der Waals surface area (Å²) in [6.07, 6.45) is 10.6. The molecular weight excluding hydrogens is 186 g/mol. The van der Waals surface area contributed by atoms with Crippen molar-refractivity contribution in [2.45, 2.75) is 57.1 Å². The summed E-state index contributed by atoms with van der Waals surface area (Å²) in [6.45, 7) is 2.79. The van der Waals surface area contributed by atoms with E-state index in [0.29, 0.717) is 6.10 Å². The predicted molar refractivity (Wildman–Crippen MR) is 60.9 cm³/mol. The number of nitrogens with zero attached hydrogens (tertiary/aromatic N) is 1. The lowest BCUT2D eigenvalue weighted by Gasteiger charge is -2.58. The summed E-state index contributed by atoms with van der Waals surface area (Å²) >= 11 is 0. The molecule has 3 aliphatic rings. The first-order chi connectivity index (χ1) is 7.31. The molecule has 0 unspecified atom stereocenters. The van der Waals surface area contributed by atoms with Gasteiger partial charge in [-0.05, 0) is 31.1 Å². The van der Waals surface area contributed by atoms with Crippen LogP contribution in [-0.4, -0.2) is 37.2 Å². The summed E-state index contributed by atoms with van der Waals surface area (Å²) in [6, 6.07) is 0.863. The van der Waals surface area contributed by atoms with Crippen molar-refractivity contribution >= 4 is 0 Å². The van der Waals surface area contributed by atoms with E-state index < -0.39 is 0 Å². The first kappa shape index (κ1) is 10.1. The fourth-order valence-corrected chi connectivity index (χ4v) is 3.72. The molecule has 1 saturated heterocycles. The summed E-state index contributed by atoms with van der Waals surface area (Å²) < 4.78 is 5.35. The van der Waals surface area contributed by atoms with Crippen LogP contribution >= 0.6 is 0 Å². The van der Waals surface area contributed by atoms with Crippen molar-refractivity contribution in [2.24, 2.45) is 5.41 Å². The molecule has 0 bridgehead atoms. The molecule has 1 spiro atoms. The molecule has 0 N–H and O–H groups in total. The van der Waals surface area contributed by atoms with Gasteiger partial charge < -0.3 is 4.74 Å². The molecule has 86 valence electrons. The average Bonchev–Trinajstić information content (AvgIpc) is 2.15. The van der Waals surface area contributed by atoms with Crippen molar-refractivity contribution in [3.63, 3.8) is 0 Å². The molecule has 0 radical (unpaired) electrons. The third-order valence-electron chi connectivity index (χ3n) is 4.91. The van der Waals surface area contributed by atoms with Gasteiger partial charge in [0.25, 0.3) is 0 Å². The van der Waals surface area contributed by atoms with Crippen molar-refractivity contribution in [1.82, 2.24) is 4.90 Å². The average molecular weight is 209 g/mol. The monoisotopic (exact) mass is 209 g/mol. The summed E-state index contributed by atoms with van der Waals surface area (Å²) in [5.41, 5.74) is 0.760. The summed E-state index contributed by atoms with van der Waals surface area (Å²) in [5.74, 6) is 0. The Bertz CT molecular complexity index is 221. The van der Waals surface area contributed by atoms with Crippen LogP contribution in [0.4, 0.5) is 0 Å². The van der Waals surface area contributed by atoms with E-state index in [4.69, 9.17) is 4.74 Å². The second-order valence-corrected chi connectivity index (χ2v) is 5.95. The molecule has 15 heavy (non-hydrogen) atoms. The number of hydrogen-bond acceptors (Lipinski definition) is 2. The highest BCUT2D eigenvalue weighted by Gasteiger charge is 2.48. The summed E-state index contributed by atoms with van der Waals surface area (Å²) in [5, 5.41) is 0. The minimum absolute atomic E-state index is 0.568. The Morgan fingerprint density at radius 2 is 1.73 bits per heavy atom. The second kappa shape index (κ2) is 3.74. The third-order valence-corrected chi connectivity index (χ3v) is 4.91. The highest BCUT2D eigenvalue weighted by atomic mass is 16.5. The van der Waals surface area contributed by atoms with Crippen LogP contribution in [0.15, 0.2) is 0 Å². The SMILES string of the molecule is COC1CC(N2CC3(CCCCC3)C2)C1. The van der Waals surface area contributed by atoms with Crippen LogP contribution in [0.1, 0.15) is 44.9 Å². The Labute approximate surface area is 93.0 Å². The molecule has 0 amide bonds. The zero-order chi connectivity index (χ0) is 10.3. The molecule has 2 nitrogen and oxygen atoms in total. The van der Waals surface area contributed by atoms with Crippen molar-refractivity contribution < 1.29 is 4.74 Å². The largest absolute Gasteiger partial charge is 0.381 e. The minimum Gasteiger partial charge on any atom is -0.381 e. The zero-order valence-electron chi connectivity index (χ0n) is 9.87. The van der Waals surface area contributed by atoms with Gasteiger partial charge in [-0.1, -0.05) is 19.3 Å². The topological polar surface area (TPSA) is 12.5 Å². The van der Waals surface area contributed by atoms with Gasteiger partial charge in [-0.2, -0.15) is 0 Å². The van der Waals surface area contributed by atoms with E-state index in [-0.39, 0.29) is 0 Å². The first-order valence-corrected chi connectivity index (χ1v) is 6.58. The Morgan fingerprint density at radius 3 is 2.33 bits per heavy atom. The van der Waals surface area contributed by atoms with Crippen LogP contribution in [0.2, 0.25) is 0 Å². The molecule has 0 aromatic heterocycles. The zero-order valence-corrected chi connectivity index (χ0v) is 9.87. The van der Waals surface area contributed by atoms with Gasteiger partial charge >= 0.3 is 0 Å². The minimum atomic E-state index is 0.568. The highest BCUT2D eigenvalue weighted by molar-refractivity contribution is 5.02. The molecule has 2 heteroatoms. The fraction of sp³-hybridized carbons (Fsp3) is 1.00. The molecule has 0 aromatic carbocycles. The molecule has 3 fully saturated rings. The van der Waals surface area contributed by atoms with Crippen LogP contribution in [-0.2, 0) is 4.74 Å². The van der Waals surface area contributed by atoms with Crippen LogP contribution in [0.3, 0.4) is 0 Å². The van der Waals surface area contributed by atoms with E-state index in [9.17, 15) is 0 Å². The van der Waals surface area contributed by atoms with E-state index in [0.717, 1.165) is 11.5 Å². The van der Waals surface area contributed by atoms with Gasteiger partial charge in [0.05, 0.1) is 6.10 Å². The van der Waals surface area contributed by atoms with E-state index >= 15 is 0 Å². The van der Waals surface area contributed by atoms with Gasteiger partial charge in [-0.25, -0.2) is 0 Å². The maximum Gasteiger partial charge on any atom is 0.0601 e. The Hall–Kier alpha value is -0.0800. The third kappa shape index (κ3) is 1.72. The molecule has 2 aliphatic carbocycles. The molecular formula is C13H23NO. The van der Waals surface area contributed by atoms with Gasteiger partial charge in [-0.3, -0.25) is 4.90 Å². The lowest BCUT2D eigenvalue weighted by atomic mass is 9.67. The van der Waals surface area contributed by atoms with Crippen LogP contribution in [0.25, 0.3) is 0 Å². The lowest BCUT2D eigenvalue weighted by Crippen LogP contribution is -2.63. The maximum absolute atomic E-state index is 5.35. The smallest absolute Gasteiger partial charge is 0.0601 e. The molecule has 1 heterocycles. The van der Waals surface area contributed by atoms with Crippen molar-refractivity contribution in [1.29, 1.82) is 0 Å². The number of rotatable bonds is 2. The normalized spacial score (nSPS) is 39.8. The second-order valence-electron chi connectivity index (χ2n) is 5.95. The summed E-state index contributed by atoms with van der Waals surface area (Å²) in [4.78, 5) is 2.71. The predicted octanol–water partition coefficient (Wildman–Crippen LogP) is 2.43. The number of likely N-dealkylation sites (tertiary alicyclic amines) is 1. The fourth-order valence-electron chi connectivity index (χ4n) is 3.72. The van der Waals surface area contributed by atoms with Crippen LogP contribution in [0, 0.1) is 5.41 Å². The van der Waals surface area contributed by atoms with Crippen molar-refractivity contribution in [3.05, 3.63) is 0 Å². The van der Waals surface area contributed by atoms with Gasteiger partial charge in [0.2, 0.25) is 0 Å². The molecule has 0 aromatic rings. The number of hydrogen-bond donors (Lipinski definition) is 0. The van der Waals surface area contributed by atoms with Crippen LogP contribution in [0.5, 0.6) is 0 Å². The van der Waals surface area contributed by atoms with Gasteiger partial charge in [-0.15, -0.1) is 0 Å². The Balaban J connectivity index is 1.45. The molecule has 2 saturated carbocycles. The van der Waals surface area contributed by atoms with Crippen molar-refractivity contribution in [3.8, 4) is 0 Å². The number of methoxy groups -OCH3 is 1. The van der Waals surface area contributed by atoms with Crippen LogP contribution < -0.4 is 0 Å². The van der Waals surface area contributed by atoms with E-state index in [1.165, 1.54) is 58.0 Å². The van der Waals surface area contributed by atoms with Gasteiger partial charge in [0.15, 0.2) is 0 Å². The van der Waals surface area contributed by atoms with Crippen molar-refractivity contribution in [2.75, 3.05) is 20.2 Å².